The van der Waals surface area contributed by atoms with Crippen molar-refractivity contribution in [3.05, 3.63) is 0 Å². The zero-order valence-electron chi connectivity index (χ0n) is 13.2. The van der Waals surface area contributed by atoms with Gasteiger partial charge in [0.25, 0.3) is 0 Å². The second-order valence-electron chi connectivity index (χ2n) is 8.12. The molecule has 23 heavy (non-hydrogen) atoms. The van der Waals surface area contributed by atoms with Gasteiger partial charge >= 0.3 is 0 Å². The number of carbonyl (C=O) groups is 1. The van der Waals surface area contributed by atoms with Gasteiger partial charge in [-0.3, -0.25) is 4.79 Å². The molecule has 4 saturated carbocycles. The fraction of sp³-hybridized carbons (Fsp3) is 0.882. The van der Waals surface area contributed by atoms with Crippen molar-refractivity contribution in [2.24, 2.45) is 17.8 Å². The Kier molecular flexibility index (Phi) is 3.62. The molecule has 1 saturated heterocycles. The van der Waals surface area contributed by atoms with E-state index in [2.05, 4.69) is 5.32 Å². The molecule has 0 radical (unpaired) electrons. The van der Waals surface area contributed by atoms with Crippen molar-refractivity contribution in [1.29, 1.82) is 5.26 Å². The standard InChI is InChI=1S/C17H24FN3O2/c18-13-3-14(7-19)21(9-13)15(22)8-20-16-11-1-10-2-12(16)6-17(23,4-10)5-11/h10-14,16,20,23H,1-6,8-9H2/t10?,11-,12-,13-,14-,16?,17?/m0/s1. The third-order valence-corrected chi connectivity index (χ3v) is 6.45. The first-order valence-corrected chi connectivity index (χ1v) is 8.76. The third kappa shape index (κ3) is 2.64. The van der Waals surface area contributed by atoms with E-state index in [1.54, 1.807) is 0 Å². The van der Waals surface area contributed by atoms with E-state index in [0.29, 0.717) is 17.8 Å². The molecule has 2 N–H and O–H groups in total. The van der Waals surface area contributed by atoms with Gasteiger partial charge in [-0.1, -0.05) is 0 Å². The first kappa shape index (κ1) is 15.3. The number of carbonyl (C=O) groups excluding carboxylic acids is 1. The lowest BCUT2D eigenvalue weighted by atomic mass is 9.52. The molecule has 6 heteroatoms. The Hall–Kier alpha value is -1.19. The van der Waals surface area contributed by atoms with Crippen molar-refractivity contribution >= 4 is 5.91 Å². The number of nitrogens with zero attached hydrogens (tertiary/aromatic N) is 2. The molecule has 4 bridgehead atoms. The molecule has 5 rings (SSSR count). The van der Waals surface area contributed by atoms with Gasteiger partial charge in [-0.15, -0.1) is 0 Å². The number of hydrogen-bond acceptors (Lipinski definition) is 4. The van der Waals surface area contributed by atoms with Crippen molar-refractivity contribution in [3.8, 4) is 6.07 Å². The van der Waals surface area contributed by atoms with Crippen LogP contribution in [-0.4, -0.2) is 52.9 Å². The molecule has 0 aromatic heterocycles. The Balaban J connectivity index is 1.37. The number of nitrogens with one attached hydrogen (secondary N) is 1. The second kappa shape index (κ2) is 5.42. The summed E-state index contributed by atoms with van der Waals surface area (Å²) in [7, 11) is 0. The maximum absolute atomic E-state index is 13.5. The van der Waals surface area contributed by atoms with Crippen molar-refractivity contribution in [3.63, 3.8) is 0 Å². The molecular weight excluding hydrogens is 297 g/mol. The van der Waals surface area contributed by atoms with Crippen LogP contribution in [0, 0.1) is 29.1 Å². The number of hydrogen-bond donors (Lipinski definition) is 2. The van der Waals surface area contributed by atoms with Crippen LogP contribution in [0.15, 0.2) is 0 Å². The second-order valence-corrected chi connectivity index (χ2v) is 8.12. The molecule has 5 aliphatic rings. The van der Waals surface area contributed by atoms with Crippen molar-refractivity contribution in [2.45, 2.75) is 62.4 Å². The van der Waals surface area contributed by atoms with Gasteiger partial charge in [0.15, 0.2) is 0 Å². The van der Waals surface area contributed by atoms with Crippen LogP contribution in [0.2, 0.25) is 0 Å². The molecule has 5 fully saturated rings. The number of likely N-dealkylation sites (tertiary alicyclic amines) is 1. The number of nitriles is 1. The third-order valence-electron chi connectivity index (χ3n) is 6.45. The van der Waals surface area contributed by atoms with Gasteiger partial charge < -0.3 is 15.3 Å². The molecule has 5 nitrogen and oxygen atoms in total. The molecule has 1 aliphatic heterocycles. The van der Waals surface area contributed by atoms with Crippen molar-refractivity contribution in [2.75, 3.05) is 13.1 Å². The largest absolute Gasteiger partial charge is 0.390 e. The number of alkyl halides is 1. The summed E-state index contributed by atoms with van der Waals surface area (Å²) < 4.78 is 13.5. The van der Waals surface area contributed by atoms with Crippen LogP contribution < -0.4 is 5.32 Å². The van der Waals surface area contributed by atoms with E-state index in [1.165, 1.54) is 4.90 Å². The van der Waals surface area contributed by atoms with Crippen LogP contribution in [0.3, 0.4) is 0 Å². The monoisotopic (exact) mass is 321 g/mol. The maximum atomic E-state index is 13.5. The van der Waals surface area contributed by atoms with E-state index in [0.717, 1.165) is 32.1 Å². The Morgan fingerprint density at radius 1 is 1.30 bits per heavy atom. The highest BCUT2D eigenvalue weighted by Crippen LogP contribution is 2.55. The molecule has 0 aromatic rings. The highest BCUT2D eigenvalue weighted by molar-refractivity contribution is 5.79. The Labute approximate surface area is 135 Å². The van der Waals surface area contributed by atoms with E-state index in [1.807, 2.05) is 6.07 Å². The van der Waals surface area contributed by atoms with Gasteiger partial charge in [0.2, 0.25) is 5.91 Å². The average molecular weight is 321 g/mol. The van der Waals surface area contributed by atoms with Gasteiger partial charge in [0.1, 0.15) is 12.2 Å². The van der Waals surface area contributed by atoms with E-state index in [9.17, 15) is 14.3 Å². The first-order valence-electron chi connectivity index (χ1n) is 8.76. The summed E-state index contributed by atoms with van der Waals surface area (Å²) in [6.45, 7) is 0.212. The van der Waals surface area contributed by atoms with Crippen molar-refractivity contribution < 1.29 is 14.3 Å². The minimum Gasteiger partial charge on any atom is -0.390 e. The molecule has 4 atom stereocenters. The van der Waals surface area contributed by atoms with Gasteiger partial charge in [-0.05, 0) is 49.9 Å². The molecule has 1 amide bonds. The lowest BCUT2D eigenvalue weighted by molar-refractivity contribution is -0.141. The summed E-state index contributed by atoms with van der Waals surface area (Å²) in [5.41, 5.74) is -0.471. The minimum absolute atomic E-state index is 0.0398. The summed E-state index contributed by atoms with van der Waals surface area (Å²) in [6, 6.07) is 1.68. The molecular formula is C17H24FN3O2. The quantitative estimate of drug-likeness (QED) is 0.812. The highest BCUT2D eigenvalue weighted by atomic mass is 19.1. The van der Waals surface area contributed by atoms with Gasteiger partial charge in [-0.25, -0.2) is 4.39 Å². The van der Waals surface area contributed by atoms with Crippen LogP contribution in [0.4, 0.5) is 4.39 Å². The van der Waals surface area contributed by atoms with E-state index < -0.39 is 17.8 Å². The van der Waals surface area contributed by atoms with E-state index in [-0.39, 0.29) is 31.5 Å². The molecule has 0 spiro atoms. The SMILES string of the molecule is N#C[C@@H]1C[C@H](F)CN1C(=O)CNC1[C@H]2CC3C[C@H]1CC(O)(C3)C2. The van der Waals surface area contributed by atoms with Crippen molar-refractivity contribution in [1.82, 2.24) is 10.2 Å². The van der Waals surface area contributed by atoms with Crippen LogP contribution >= 0.6 is 0 Å². The maximum Gasteiger partial charge on any atom is 0.237 e. The summed E-state index contributed by atoms with van der Waals surface area (Å²) in [6.07, 6.45) is 3.95. The first-order chi connectivity index (χ1) is 11.0. The lowest BCUT2D eigenvalue weighted by Gasteiger charge is -2.58. The summed E-state index contributed by atoms with van der Waals surface area (Å²) in [5.74, 6) is 1.35. The fourth-order valence-electron chi connectivity index (χ4n) is 5.80. The predicted molar refractivity (Wildman–Crippen MR) is 80.9 cm³/mol. The lowest BCUT2D eigenvalue weighted by Crippen LogP contribution is -2.61. The number of amides is 1. The van der Waals surface area contributed by atoms with Gasteiger partial charge in [0.05, 0.1) is 24.8 Å². The number of rotatable bonds is 3. The molecule has 126 valence electrons. The average Bonchev–Trinajstić information content (AvgIpc) is 2.85. The summed E-state index contributed by atoms with van der Waals surface area (Å²) >= 11 is 0. The summed E-state index contributed by atoms with van der Waals surface area (Å²) in [4.78, 5) is 13.7. The Morgan fingerprint density at radius 2 is 2.00 bits per heavy atom. The fourth-order valence-corrected chi connectivity index (χ4v) is 5.80. The van der Waals surface area contributed by atoms with Crippen LogP contribution in [0.5, 0.6) is 0 Å². The Bertz CT molecular complexity index is 532. The molecule has 0 aromatic carbocycles. The zero-order valence-corrected chi connectivity index (χ0v) is 13.2. The highest BCUT2D eigenvalue weighted by Gasteiger charge is 2.54. The molecule has 1 heterocycles. The van der Waals surface area contributed by atoms with Gasteiger partial charge in [0, 0.05) is 12.5 Å². The number of aliphatic hydroxyl groups is 1. The van der Waals surface area contributed by atoms with Crippen LogP contribution in [0.1, 0.15) is 38.5 Å². The molecule has 0 unspecified atom stereocenters. The normalized spacial score (nSPS) is 47.8. The van der Waals surface area contributed by atoms with Gasteiger partial charge in [-0.2, -0.15) is 5.26 Å². The summed E-state index contributed by atoms with van der Waals surface area (Å²) in [5, 5.41) is 23.0. The van der Waals surface area contributed by atoms with Crippen LogP contribution in [0.25, 0.3) is 0 Å². The minimum atomic E-state index is -1.08. The number of halogens is 1. The predicted octanol–water partition coefficient (Wildman–Crippen LogP) is 0.978. The smallest absolute Gasteiger partial charge is 0.237 e. The van der Waals surface area contributed by atoms with E-state index >= 15 is 0 Å². The zero-order chi connectivity index (χ0) is 16.2. The topological polar surface area (TPSA) is 76.4 Å². The van der Waals surface area contributed by atoms with E-state index in [4.69, 9.17) is 5.26 Å². The Morgan fingerprint density at radius 3 is 2.61 bits per heavy atom. The van der Waals surface area contributed by atoms with Crippen LogP contribution in [-0.2, 0) is 4.79 Å². The molecule has 4 aliphatic carbocycles.